The normalized spacial score (nSPS) is 15.6. The maximum atomic E-state index is 12.1. The largest absolute Gasteiger partial charge is 0.368 e. The second-order valence-corrected chi connectivity index (χ2v) is 7.11. The summed E-state index contributed by atoms with van der Waals surface area (Å²) in [5.74, 6) is 0.195. The monoisotopic (exact) mass is 298 g/mol. The molecular weight excluding hydrogens is 288 g/mol. The molecule has 0 aliphatic heterocycles. The molecule has 2 N–H and O–H groups in total. The average molecular weight is 299 g/mol. The minimum atomic E-state index is -3.29. The van der Waals surface area contributed by atoms with Crippen molar-refractivity contribution >= 4 is 27.3 Å². The van der Waals surface area contributed by atoms with Crippen LogP contribution in [0.4, 0.5) is 5.88 Å². The van der Waals surface area contributed by atoms with Crippen LogP contribution in [-0.2, 0) is 9.84 Å². The molecule has 0 amide bonds. The molecular formula is C12H11ClN2O3S. The number of nitrogens with two attached hydrogens (primary N) is 1. The van der Waals surface area contributed by atoms with Crippen molar-refractivity contribution in [3.05, 3.63) is 29.3 Å². The molecule has 0 bridgehead atoms. The highest BCUT2D eigenvalue weighted by atomic mass is 35.5. The fourth-order valence-corrected chi connectivity index (χ4v) is 4.08. The van der Waals surface area contributed by atoms with E-state index in [9.17, 15) is 8.42 Å². The van der Waals surface area contributed by atoms with E-state index in [0.717, 1.165) is 0 Å². The third-order valence-corrected chi connectivity index (χ3v) is 5.77. The van der Waals surface area contributed by atoms with Crippen molar-refractivity contribution in [3.8, 4) is 11.3 Å². The third-order valence-electron chi connectivity index (χ3n) is 3.03. The molecule has 19 heavy (non-hydrogen) atoms. The molecule has 1 aromatic carbocycles. The van der Waals surface area contributed by atoms with E-state index in [1.54, 1.807) is 18.2 Å². The second-order valence-electron chi connectivity index (χ2n) is 4.50. The van der Waals surface area contributed by atoms with E-state index in [1.165, 1.54) is 6.07 Å². The highest BCUT2D eigenvalue weighted by Crippen LogP contribution is 2.37. The zero-order valence-corrected chi connectivity index (χ0v) is 11.4. The Hall–Kier alpha value is -1.53. The number of benzene rings is 1. The summed E-state index contributed by atoms with van der Waals surface area (Å²) in [4.78, 5) is 0.178. The van der Waals surface area contributed by atoms with E-state index in [2.05, 4.69) is 5.16 Å². The molecule has 1 aliphatic rings. The Labute approximate surface area is 115 Å². The van der Waals surface area contributed by atoms with Crippen LogP contribution in [0.25, 0.3) is 11.3 Å². The van der Waals surface area contributed by atoms with Crippen LogP contribution in [-0.4, -0.2) is 18.8 Å². The van der Waals surface area contributed by atoms with Gasteiger partial charge in [-0.25, -0.2) is 8.42 Å². The Morgan fingerprint density at radius 1 is 1.32 bits per heavy atom. The zero-order chi connectivity index (χ0) is 13.6. The molecule has 1 saturated carbocycles. The van der Waals surface area contributed by atoms with Gasteiger partial charge in [0.25, 0.3) is 0 Å². The van der Waals surface area contributed by atoms with E-state index >= 15 is 0 Å². The summed E-state index contributed by atoms with van der Waals surface area (Å²) in [5.41, 5.74) is 6.63. The van der Waals surface area contributed by atoms with E-state index in [0.29, 0.717) is 24.1 Å². The Morgan fingerprint density at radius 2 is 2.05 bits per heavy atom. The lowest BCUT2D eigenvalue weighted by atomic mass is 10.1. The highest BCUT2D eigenvalue weighted by molar-refractivity contribution is 7.92. The number of anilines is 1. The molecule has 0 unspecified atom stereocenters. The van der Waals surface area contributed by atoms with Gasteiger partial charge in [-0.2, -0.15) is 0 Å². The van der Waals surface area contributed by atoms with Crippen LogP contribution in [0.1, 0.15) is 12.8 Å². The summed E-state index contributed by atoms with van der Waals surface area (Å²) in [6.45, 7) is 0. The van der Waals surface area contributed by atoms with Crippen molar-refractivity contribution < 1.29 is 12.9 Å². The Kier molecular flexibility index (Phi) is 2.79. The van der Waals surface area contributed by atoms with Gasteiger partial charge in [0.2, 0.25) is 5.88 Å². The maximum absolute atomic E-state index is 12.1. The Morgan fingerprint density at radius 3 is 2.58 bits per heavy atom. The number of rotatable bonds is 3. The SMILES string of the molecule is Nc1cc(-c2ccc(S(=O)(=O)C3CC3)c(Cl)c2)no1. The number of sulfone groups is 1. The first-order valence-corrected chi connectivity index (χ1v) is 7.67. The minimum Gasteiger partial charge on any atom is -0.368 e. The van der Waals surface area contributed by atoms with Gasteiger partial charge >= 0.3 is 0 Å². The molecule has 100 valence electrons. The summed E-state index contributed by atoms with van der Waals surface area (Å²) in [6.07, 6.45) is 1.42. The number of hydrogen-bond acceptors (Lipinski definition) is 5. The fourth-order valence-electron chi connectivity index (χ4n) is 1.87. The van der Waals surface area contributed by atoms with Gasteiger partial charge in [0, 0.05) is 11.6 Å². The predicted octanol–water partition coefficient (Wildman–Crippen LogP) is 2.51. The van der Waals surface area contributed by atoms with Gasteiger partial charge in [-0.15, -0.1) is 0 Å². The number of nitrogen functional groups attached to an aromatic ring is 1. The van der Waals surface area contributed by atoms with Crippen LogP contribution >= 0.6 is 11.6 Å². The second kappa shape index (κ2) is 4.25. The molecule has 2 aromatic rings. The number of nitrogens with zero attached hydrogens (tertiary/aromatic N) is 1. The van der Waals surface area contributed by atoms with Gasteiger partial charge in [0.15, 0.2) is 9.84 Å². The lowest BCUT2D eigenvalue weighted by Crippen LogP contribution is -2.07. The van der Waals surface area contributed by atoms with Crippen molar-refractivity contribution in [1.82, 2.24) is 5.16 Å². The Balaban J connectivity index is 2.03. The predicted molar refractivity (Wildman–Crippen MR) is 71.6 cm³/mol. The van der Waals surface area contributed by atoms with Gasteiger partial charge in [-0.3, -0.25) is 0 Å². The standard InChI is InChI=1S/C12H11ClN2O3S/c13-9-5-7(10-6-12(14)18-15-10)1-4-11(9)19(16,17)8-2-3-8/h1,4-6,8H,2-3,14H2. The summed E-state index contributed by atoms with van der Waals surface area (Å²) in [6, 6.07) is 6.28. The van der Waals surface area contributed by atoms with Crippen molar-refractivity contribution in [1.29, 1.82) is 0 Å². The molecule has 0 atom stereocenters. The van der Waals surface area contributed by atoms with Crippen LogP contribution in [0.2, 0.25) is 5.02 Å². The lowest BCUT2D eigenvalue weighted by molar-refractivity contribution is 0.439. The zero-order valence-electron chi connectivity index (χ0n) is 9.84. The molecule has 1 aliphatic carbocycles. The minimum absolute atomic E-state index is 0.178. The van der Waals surface area contributed by atoms with Gasteiger partial charge in [0.1, 0.15) is 5.69 Å². The Bertz CT molecular complexity index is 735. The molecule has 1 fully saturated rings. The van der Waals surface area contributed by atoms with Crippen LogP contribution in [0.5, 0.6) is 0 Å². The number of halogens is 1. The van der Waals surface area contributed by atoms with E-state index in [-0.39, 0.29) is 21.1 Å². The van der Waals surface area contributed by atoms with Crippen LogP contribution in [0.15, 0.2) is 33.7 Å². The summed E-state index contributed by atoms with van der Waals surface area (Å²) in [7, 11) is -3.29. The van der Waals surface area contributed by atoms with Crippen LogP contribution in [0, 0.1) is 0 Å². The van der Waals surface area contributed by atoms with Crippen molar-refractivity contribution in [2.75, 3.05) is 5.73 Å². The summed E-state index contributed by atoms with van der Waals surface area (Å²) in [5, 5.41) is 3.68. The van der Waals surface area contributed by atoms with Crippen LogP contribution in [0.3, 0.4) is 0 Å². The first-order valence-electron chi connectivity index (χ1n) is 5.74. The van der Waals surface area contributed by atoms with Gasteiger partial charge in [-0.05, 0) is 25.0 Å². The molecule has 1 aromatic heterocycles. The van der Waals surface area contributed by atoms with E-state index in [4.69, 9.17) is 21.9 Å². The van der Waals surface area contributed by atoms with Crippen molar-refractivity contribution in [2.45, 2.75) is 23.0 Å². The molecule has 0 spiro atoms. The highest BCUT2D eigenvalue weighted by Gasteiger charge is 2.38. The van der Waals surface area contributed by atoms with Crippen LogP contribution < -0.4 is 5.73 Å². The maximum Gasteiger partial charge on any atom is 0.222 e. The number of aromatic nitrogens is 1. The quantitative estimate of drug-likeness (QED) is 0.941. The summed E-state index contributed by atoms with van der Waals surface area (Å²) >= 11 is 6.07. The van der Waals surface area contributed by atoms with Gasteiger partial charge < -0.3 is 10.3 Å². The van der Waals surface area contributed by atoms with Crippen molar-refractivity contribution in [2.24, 2.45) is 0 Å². The first kappa shape index (κ1) is 12.5. The van der Waals surface area contributed by atoms with E-state index in [1.807, 2.05) is 0 Å². The molecule has 1 heterocycles. The topological polar surface area (TPSA) is 86.2 Å². The molecule has 0 saturated heterocycles. The average Bonchev–Trinajstić information content (AvgIpc) is 3.12. The summed E-state index contributed by atoms with van der Waals surface area (Å²) < 4.78 is 29.0. The fraction of sp³-hybridized carbons (Fsp3) is 0.250. The van der Waals surface area contributed by atoms with Crippen molar-refractivity contribution in [3.63, 3.8) is 0 Å². The molecule has 3 rings (SSSR count). The smallest absolute Gasteiger partial charge is 0.222 e. The van der Waals surface area contributed by atoms with Gasteiger partial charge in [-0.1, -0.05) is 22.8 Å². The van der Waals surface area contributed by atoms with Gasteiger partial charge in [0.05, 0.1) is 15.2 Å². The lowest BCUT2D eigenvalue weighted by Gasteiger charge is -2.06. The first-order chi connectivity index (χ1) is 8.98. The molecule has 5 nitrogen and oxygen atoms in total. The molecule has 7 heteroatoms. The van der Waals surface area contributed by atoms with E-state index < -0.39 is 9.84 Å². The third kappa shape index (κ3) is 2.21. The number of hydrogen-bond donors (Lipinski definition) is 1. The molecule has 0 radical (unpaired) electrons.